The summed E-state index contributed by atoms with van der Waals surface area (Å²) in [5.41, 5.74) is 4.11. The lowest BCUT2D eigenvalue weighted by Gasteiger charge is -2.24. The molecule has 1 saturated heterocycles. The van der Waals surface area contributed by atoms with Crippen LogP contribution in [0.2, 0.25) is 5.04 Å². The molecule has 2 radical (unpaired) electrons. The van der Waals surface area contributed by atoms with Crippen molar-refractivity contribution in [3.05, 3.63) is 46.1 Å². The second kappa shape index (κ2) is 7.03. The molecular formula is C20H24N5SSi+. The Hall–Kier alpha value is -1.70. The average molecular weight is 395 g/mol. The fourth-order valence-corrected chi connectivity index (χ4v) is 5.24. The molecule has 0 N–H and O–H groups in total. The Morgan fingerprint density at radius 1 is 1.19 bits per heavy atom. The Kier molecular flexibility index (Phi) is 4.86. The van der Waals surface area contributed by atoms with E-state index in [9.17, 15) is 0 Å². The Morgan fingerprint density at radius 2 is 2.00 bits per heavy atom. The number of aryl methyl sites for hydroxylation is 3. The third-order valence-corrected chi connectivity index (χ3v) is 6.79. The van der Waals surface area contributed by atoms with E-state index in [-0.39, 0.29) is 11.1 Å². The topological polar surface area (TPSA) is 54.8 Å². The molecule has 2 atom stereocenters. The molecule has 0 amide bonds. The zero-order valence-electron chi connectivity index (χ0n) is 16.3. The van der Waals surface area contributed by atoms with Crippen molar-refractivity contribution >= 4 is 31.9 Å². The van der Waals surface area contributed by atoms with E-state index in [1.54, 1.807) is 11.3 Å². The molecule has 1 aliphatic heterocycles. The van der Waals surface area contributed by atoms with Crippen LogP contribution in [0, 0.1) is 20.8 Å². The first-order valence-corrected chi connectivity index (χ1v) is 10.7. The van der Waals surface area contributed by atoms with Crippen molar-refractivity contribution in [3.63, 3.8) is 0 Å². The average Bonchev–Trinajstić information content (AvgIpc) is 3.14. The van der Waals surface area contributed by atoms with Crippen molar-refractivity contribution in [2.75, 3.05) is 13.1 Å². The van der Waals surface area contributed by atoms with E-state index >= 15 is 0 Å². The third-order valence-electron chi connectivity index (χ3n) is 5.28. The van der Waals surface area contributed by atoms with Gasteiger partial charge in [0.25, 0.3) is 0 Å². The summed E-state index contributed by atoms with van der Waals surface area (Å²) in [5.74, 6) is 0.847. The maximum absolute atomic E-state index is 4.82. The minimum Gasteiger partial charge on any atom is -0.291 e. The number of fused-ring (bicyclic) bond motifs is 1. The van der Waals surface area contributed by atoms with Gasteiger partial charge in [0.2, 0.25) is 0 Å². The van der Waals surface area contributed by atoms with Crippen LogP contribution in [-0.2, 0) is 6.42 Å². The highest BCUT2D eigenvalue weighted by atomic mass is 32.1. The van der Waals surface area contributed by atoms with Gasteiger partial charge in [0, 0.05) is 36.9 Å². The molecule has 0 aromatic carbocycles. The largest absolute Gasteiger partial charge is 0.714 e. The number of rotatable bonds is 4. The van der Waals surface area contributed by atoms with Crippen LogP contribution in [0.25, 0.3) is 10.3 Å². The molecule has 0 saturated carbocycles. The van der Waals surface area contributed by atoms with Crippen molar-refractivity contribution in [1.29, 1.82) is 0 Å². The van der Waals surface area contributed by atoms with Gasteiger partial charge in [-0.3, -0.25) is 4.90 Å². The molecule has 0 spiro atoms. The Bertz CT molecular complexity index is 967. The van der Waals surface area contributed by atoms with Gasteiger partial charge in [-0.25, -0.2) is 19.9 Å². The van der Waals surface area contributed by atoms with Crippen molar-refractivity contribution < 1.29 is 0 Å². The molecular weight excluding hydrogens is 370 g/mol. The maximum atomic E-state index is 4.82. The summed E-state index contributed by atoms with van der Waals surface area (Å²) in [6, 6.07) is 6.67. The SMILES string of the molecule is Cc1cc(C[C@]2([Si+])CCN(C(C)c3ccc4sc(C)nc4n3)C2)nc(C)n1. The first-order valence-electron chi connectivity index (χ1n) is 9.36. The summed E-state index contributed by atoms with van der Waals surface area (Å²) < 4.78 is 1.16. The summed E-state index contributed by atoms with van der Waals surface area (Å²) in [6.45, 7) is 10.3. The Morgan fingerprint density at radius 3 is 2.78 bits per heavy atom. The van der Waals surface area contributed by atoms with E-state index in [0.29, 0.717) is 0 Å². The molecule has 1 fully saturated rings. The van der Waals surface area contributed by atoms with Gasteiger partial charge in [0.1, 0.15) is 5.82 Å². The molecule has 1 aliphatic rings. The van der Waals surface area contributed by atoms with Gasteiger partial charge in [-0.05, 0) is 52.3 Å². The van der Waals surface area contributed by atoms with Crippen LogP contribution in [0.1, 0.15) is 47.3 Å². The molecule has 4 rings (SSSR count). The standard InChI is InChI=1S/C20H24N5SSi/c1-12-9-16(22-14(3)21-12)10-20(27)7-8-25(11-20)13(2)17-5-6-18-19(24-17)23-15(4)26-18/h5-6,9,13H,7-8,10-11H2,1-4H3/q+1/t13?,20-/m1/s1. The number of likely N-dealkylation sites (tertiary alicyclic amines) is 1. The molecule has 4 heterocycles. The first-order chi connectivity index (χ1) is 12.8. The van der Waals surface area contributed by atoms with E-state index in [2.05, 4.69) is 55.2 Å². The summed E-state index contributed by atoms with van der Waals surface area (Å²) in [6.07, 6.45) is 2.00. The van der Waals surface area contributed by atoms with E-state index in [4.69, 9.17) is 4.98 Å². The van der Waals surface area contributed by atoms with Crippen LogP contribution in [0.4, 0.5) is 0 Å². The quantitative estimate of drug-likeness (QED) is 0.631. The number of hydrogen-bond acceptors (Lipinski definition) is 6. The number of hydrogen-bond donors (Lipinski definition) is 0. The van der Waals surface area contributed by atoms with Crippen molar-refractivity contribution in [2.45, 2.75) is 51.6 Å². The van der Waals surface area contributed by atoms with Crippen LogP contribution in [-0.4, -0.2) is 48.2 Å². The van der Waals surface area contributed by atoms with Gasteiger partial charge in [-0.2, -0.15) is 0 Å². The predicted molar refractivity (Wildman–Crippen MR) is 110 cm³/mol. The zero-order chi connectivity index (χ0) is 19.2. The van der Waals surface area contributed by atoms with E-state index < -0.39 is 0 Å². The normalized spacial score (nSPS) is 21.8. The second-order valence-corrected chi connectivity index (χ2v) is 9.99. The molecule has 7 heteroatoms. The highest BCUT2D eigenvalue weighted by Crippen LogP contribution is 2.41. The fraction of sp³-hybridized carbons (Fsp3) is 0.500. The molecule has 3 aromatic rings. The van der Waals surface area contributed by atoms with Gasteiger partial charge in [-0.1, -0.05) is 0 Å². The number of thiazole rings is 1. The molecule has 0 bridgehead atoms. The van der Waals surface area contributed by atoms with Crippen molar-refractivity contribution in [1.82, 2.24) is 24.8 Å². The van der Waals surface area contributed by atoms with Crippen molar-refractivity contribution in [3.8, 4) is 0 Å². The van der Waals surface area contributed by atoms with Gasteiger partial charge in [0.15, 0.2) is 10.7 Å². The van der Waals surface area contributed by atoms with Crippen LogP contribution in [0.3, 0.4) is 0 Å². The summed E-state index contributed by atoms with van der Waals surface area (Å²) >= 11 is 1.70. The van der Waals surface area contributed by atoms with E-state index in [0.717, 1.165) is 64.2 Å². The lowest BCUT2D eigenvalue weighted by molar-refractivity contribution is 0.250. The summed E-state index contributed by atoms with van der Waals surface area (Å²) in [5, 5.41) is 1.11. The van der Waals surface area contributed by atoms with E-state index in [1.165, 1.54) is 0 Å². The first kappa shape index (κ1) is 18.7. The lowest BCUT2D eigenvalue weighted by Crippen LogP contribution is -2.28. The predicted octanol–water partition coefficient (Wildman–Crippen LogP) is 3.74. The van der Waals surface area contributed by atoms with Gasteiger partial charge >= 0.3 is 10.2 Å². The van der Waals surface area contributed by atoms with Gasteiger partial charge < -0.3 is 0 Å². The second-order valence-electron chi connectivity index (χ2n) is 7.69. The highest BCUT2D eigenvalue weighted by molar-refractivity contribution is 7.18. The molecule has 5 nitrogen and oxygen atoms in total. The number of nitrogens with zero attached hydrogens (tertiary/aromatic N) is 5. The molecule has 27 heavy (non-hydrogen) atoms. The number of aromatic nitrogens is 4. The fourth-order valence-electron chi connectivity index (χ4n) is 3.97. The molecule has 1 unspecified atom stereocenters. The summed E-state index contributed by atoms with van der Waals surface area (Å²) in [4.78, 5) is 20.9. The minimum absolute atomic E-state index is 0.0445. The Balaban J connectivity index is 1.50. The smallest absolute Gasteiger partial charge is 0.291 e. The van der Waals surface area contributed by atoms with Gasteiger partial charge in [0.05, 0.1) is 15.4 Å². The monoisotopic (exact) mass is 394 g/mol. The van der Waals surface area contributed by atoms with E-state index in [1.807, 2.05) is 20.8 Å². The van der Waals surface area contributed by atoms with Crippen LogP contribution in [0.5, 0.6) is 0 Å². The number of pyridine rings is 1. The van der Waals surface area contributed by atoms with Crippen LogP contribution in [0.15, 0.2) is 18.2 Å². The Labute approximate surface area is 167 Å². The molecule has 0 aliphatic carbocycles. The van der Waals surface area contributed by atoms with Gasteiger partial charge in [-0.15, -0.1) is 11.3 Å². The minimum atomic E-state index is 0.0445. The third kappa shape index (κ3) is 3.95. The zero-order valence-corrected chi connectivity index (χ0v) is 18.1. The summed E-state index contributed by atoms with van der Waals surface area (Å²) in [7, 11) is 4.08. The molecule has 138 valence electrons. The molecule has 3 aromatic heterocycles. The lowest BCUT2D eigenvalue weighted by atomic mass is 10.0. The highest BCUT2D eigenvalue weighted by Gasteiger charge is 2.48. The van der Waals surface area contributed by atoms with Crippen LogP contribution >= 0.6 is 11.3 Å². The maximum Gasteiger partial charge on any atom is 0.714 e. The van der Waals surface area contributed by atoms with Crippen molar-refractivity contribution in [2.24, 2.45) is 0 Å². The van der Waals surface area contributed by atoms with Crippen LogP contribution < -0.4 is 0 Å².